The number of methoxy groups -OCH3 is 3. The second-order valence-electron chi connectivity index (χ2n) is 9.06. The molecule has 0 saturated carbocycles. The molecule has 4 aromatic rings. The maximum Gasteiger partial charge on any atom is 0.124 e. The summed E-state index contributed by atoms with van der Waals surface area (Å²) >= 11 is 0. The SMILES string of the molecule is COCC(O)CN(c1cc(OC)cc(OC)c1)c1ccc2ncc(-c3cnn(CCCCCN)c3)nc2c1. The molecule has 1 unspecified atom stereocenters. The number of hydrogen-bond acceptors (Lipinski definition) is 9. The minimum atomic E-state index is -0.721. The zero-order valence-corrected chi connectivity index (χ0v) is 22.2. The fraction of sp³-hybridized carbons (Fsp3) is 0.393. The topological polar surface area (TPSA) is 121 Å². The molecule has 38 heavy (non-hydrogen) atoms. The van der Waals surface area contributed by atoms with E-state index in [1.165, 1.54) is 0 Å². The highest BCUT2D eigenvalue weighted by molar-refractivity contribution is 5.82. The van der Waals surface area contributed by atoms with Gasteiger partial charge >= 0.3 is 0 Å². The summed E-state index contributed by atoms with van der Waals surface area (Å²) in [5.41, 5.74) is 10.4. The van der Waals surface area contributed by atoms with E-state index >= 15 is 0 Å². The van der Waals surface area contributed by atoms with Gasteiger partial charge in [-0.15, -0.1) is 0 Å². The van der Waals surface area contributed by atoms with E-state index < -0.39 is 6.10 Å². The number of rotatable bonds is 14. The highest BCUT2D eigenvalue weighted by Gasteiger charge is 2.18. The van der Waals surface area contributed by atoms with Gasteiger partial charge in [-0.2, -0.15) is 5.10 Å². The monoisotopic (exact) mass is 520 g/mol. The Labute approximate surface area is 223 Å². The minimum absolute atomic E-state index is 0.200. The molecule has 2 heterocycles. The first-order valence-electron chi connectivity index (χ1n) is 12.7. The standard InChI is InChI=1S/C28H36N6O4/c1-36-19-23(35)18-34(22-11-24(37-2)14-25(12-22)38-3)21-7-8-26-27(13-21)32-28(16-30-26)20-15-31-33(17-20)10-6-4-5-9-29/h7-8,11-17,23,35H,4-6,9-10,18-19,29H2,1-3H3. The molecule has 0 fully saturated rings. The smallest absolute Gasteiger partial charge is 0.124 e. The average Bonchev–Trinajstić information content (AvgIpc) is 3.42. The second-order valence-corrected chi connectivity index (χ2v) is 9.06. The van der Waals surface area contributed by atoms with Crippen LogP contribution in [-0.4, -0.2) is 72.0 Å². The molecule has 0 radical (unpaired) electrons. The fourth-order valence-electron chi connectivity index (χ4n) is 4.28. The molecule has 0 aliphatic heterocycles. The van der Waals surface area contributed by atoms with Crippen molar-refractivity contribution in [3.63, 3.8) is 0 Å². The van der Waals surface area contributed by atoms with Gasteiger partial charge in [0, 0.05) is 55.0 Å². The van der Waals surface area contributed by atoms with E-state index in [0.29, 0.717) is 24.6 Å². The molecule has 0 aliphatic rings. The van der Waals surface area contributed by atoms with Gasteiger partial charge in [-0.25, -0.2) is 4.98 Å². The zero-order valence-electron chi connectivity index (χ0n) is 22.2. The Morgan fingerprint density at radius 3 is 2.45 bits per heavy atom. The quantitative estimate of drug-likeness (QED) is 0.239. The Kier molecular flexibility index (Phi) is 9.47. The first kappa shape index (κ1) is 27.3. The van der Waals surface area contributed by atoms with Gasteiger partial charge in [0.25, 0.3) is 0 Å². The third-order valence-corrected chi connectivity index (χ3v) is 6.26. The third-order valence-electron chi connectivity index (χ3n) is 6.26. The molecule has 0 spiro atoms. The number of ether oxygens (including phenoxy) is 3. The Morgan fingerprint density at radius 1 is 0.947 bits per heavy atom. The molecular formula is C28H36N6O4. The number of benzene rings is 2. The summed E-state index contributed by atoms with van der Waals surface area (Å²) in [5.74, 6) is 1.29. The van der Waals surface area contributed by atoms with E-state index in [4.69, 9.17) is 24.9 Å². The van der Waals surface area contributed by atoms with Crippen LogP contribution < -0.4 is 20.1 Å². The summed E-state index contributed by atoms with van der Waals surface area (Å²) in [7, 11) is 4.79. The van der Waals surface area contributed by atoms with Crippen molar-refractivity contribution in [1.29, 1.82) is 0 Å². The second kappa shape index (κ2) is 13.2. The van der Waals surface area contributed by atoms with Crippen molar-refractivity contribution in [3.8, 4) is 22.8 Å². The lowest BCUT2D eigenvalue weighted by atomic mass is 10.1. The van der Waals surface area contributed by atoms with E-state index in [1.54, 1.807) is 27.5 Å². The number of aliphatic hydroxyl groups is 1. The first-order valence-corrected chi connectivity index (χ1v) is 12.7. The Morgan fingerprint density at radius 2 is 1.74 bits per heavy atom. The molecule has 2 aromatic carbocycles. The summed E-state index contributed by atoms with van der Waals surface area (Å²) in [6.45, 7) is 2.05. The molecular weight excluding hydrogens is 484 g/mol. The molecule has 3 N–H and O–H groups in total. The van der Waals surface area contributed by atoms with Gasteiger partial charge in [-0.1, -0.05) is 6.42 Å². The number of aliphatic hydroxyl groups excluding tert-OH is 1. The van der Waals surface area contributed by atoms with Crippen LogP contribution in [-0.2, 0) is 11.3 Å². The van der Waals surface area contributed by atoms with Crippen molar-refractivity contribution in [2.75, 3.05) is 45.9 Å². The third kappa shape index (κ3) is 6.77. The van der Waals surface area contributed by atoms with Crippen LogP contribution in [0.25, 0.3) is 22.3 Å². The van der Waals surface area contributed by atoms with Crippen molar-refractivity contribution in [1.82, 2.24) is 19.7 Å². The number of hydrogen-bond donors (Lipinski definition) is 2. The van der Waals surface area contributed by atoms with Crippen LogP contribution in [0.2, 0.25) is 0 Å². The molecule has 10 nitrogen and oxygen atoms in total. The fourth-order valence-corrected chi connectivity index (χ4v) is 4.28. The summed E-state index contributed by atoms with van der Waals surface area (Å²) in [4.78, 5) is 11.5. The van der Waals surface area contributed by atoms with Gasteiger partial charge in [0.1, 0.15) is 11.5 Å². The van der Waals surface area contributed by atoms with Gasteiger partial charge in [0.2, 0.25) is 0 Å². The van der Waals surface area contributed by atoms with E-state index in [2.05, 4.69) is 10.1 Å². The number of nitrogens with zero attached hydrogens (tertiary/aromatic N) is 5. The molecule has 0 saturated heterocycles. The molecule has 2 aromatic heterocycles. The number of anilines is 2. The van der Waals surface area contributed by atoms with Crippen LogP contribution in [0.15, 0.2) is 55.0 Å². The lowest BCUT2D eigenvalue weighted by molar-refractivity contribution is 0.0702. The summed E-state index contributed by atoms with van der Waals surface area (Å²) in [6.07, 6.45) is 8.00. The van der Waals surface area contributed by atoms with Crippen molar-refractivity contribution in [2.45, 2.75) is 31.9 Å². The lowest BCUT2D eigenvalue weighted by Gasteiger charge is -2.28. The Hall–Kier alpha value is -3.73. The zero-order chi connectivity index (χ0) is 26.9. The molecule has 0 bridgehead atoms. The van der Waals surface area contributed by atoms with Crippen LogP contribution in [0.4, 0.5) is 11.4 Å². The van der Waals surface area contributed by atoms with Gasteiger partial charge < -0.3 is 30.0 Å². The number of fused-ring (bicyclic) bond motifs is 1. The van der Waals surface area contributed by atoms with E-state index in [9.17, 15) is 5.11 Å². The van der Waals surface area contributed by atoms with Crippen molar-refractivity contribution in [3.05, 3.63) is 55.0 Å². The van der Waals surface area contributed by atoms with Gasteiger partial charge in [0.05, 0.1) is 62.6 Å². The van der Waals surface area contributed by atoms with Gasteiger partial charge in [-0.05, 0) is 37.6 Å². The van der Waals surface area contributed by atoms with Crippen LogP contribution in [0.1, 0.15) is 19.3 Å². The van der Waals surface area contributed by atoms with Crippen molar-refractivity contribution in [2.24, 2.45) is 5.73 Å². The normalized spacial score (nSPS) is 12.0. The number of aromatic nitrogens is 4. The highest BCUT2D eigenvalue weighted by Crippen LogP contribution is 2.34. The first-order chi connectivity index (χ1) is 18.5. The number of unbranched alkanes of at least 4 members (excludes halogenated alkanes) is 2. The predicted molar refractivity (Wildman–Crippen MR) is 148 cm³/mol. The summed E-state index contributed by atoms with van der Waals surface area (Å²) in [6, 6.07) is 11.5. The molecule has 10 heteroatoms. The van der Waals surface area contributed by atoms with E-state index in [-0.39, 0.29) is 6.61 Å². The van der Waals surface area contributed by atoms with Crippen molar-refractivity contribution < 1.29 is 19.3 Å². The van der Waals surface area contributed by atoms with E-state index in [1.807, 2.05) is 58.4 Å². The maximum atomic E-state index is 10.6. The molecule has 0 aliphatic carbocycles. The molecule has 1 atom stereocenters. The lowest BCUT2D eigenvalue weighted by Crippen LogP contribution is -2.31. The Bertz CT molecular complexity index is 1310. The van der Waals surface area contributed by atoms with Crippen LogP contribution in [0.5, 0.6) is 11.5 Å². The number of aryl methyl sites for hydroxylation is 1. The predicted octanol–water partition coefficient (Wildman–Crippen LogP) is 3.78. The van der Waals surface area contributed by atoms with Crippen molar-refractivity contribution >= 4 is 22.4 Å². The number of nitrogens with two attached hydrogens (primary N) is 1. The summed E-state index contributed by atoms with van der Waals surface area (Å²) in [5, 5.41) is 15.1. The van der Waals surface area contributed by atoms with E-state index in [0.717, 1.165) is 59.5 Å². The van der Waals surface area contributed by atoms with Gasteiger partial charge in [-0.3, -0.25) is 9.67 Å². The van der Waals surface area contributed by atoms with Gasteiger partial charge in [0.15, 0.2) is 0 Å². The maximum absolute atomic E-state index is 10.6. The Balaban J connectivity index is 1.67. The summed E-state index contributed by atoms with van der Waals surface area (Å²) < 4.78 is 18.1. The highest BCUT2D eigenvalue weighted by atomic mass is 16.5. The minimum Gasteiger partial charge on any atom is -0.497 e. The molecule has 202 valence electrons. The average molecular weight is 521 g/mol. The van der Waals surface area contributed by atoms with Crippen LogP contribution in [0.3, 0.4) is 0 Å². The largest absolute Gasteiger partial charge is 0.497 e. The van der Waals surface area contributed by atoms with Crippen LogP contribution >= 0.6 is 0 Å². The van der Waals surface area contributed by atoms with Crippen LogP contribution in [0, 0.1) is 0 Å². The molecule has 0 amide bonds. The molecule has 4 rings (SSSR count).